The van der Waals surface area contributed by atoms with E-state index < -0.39 is 24.3 Å². The van der Waals surface area contributed by atoms with Gasteiger partial charge in [0.25, 0.3) is 0 Å². The quantitative estimate of drug-likeness (QED) is 0.342. The predicted molar refractivity (Wildman–Crippen MR) is 131 cm³/mol. The average Bonchev–Trinajstić information content (AvgIpc) is 2.86. The first-order valence-corrected chi connectivity index (χ1v) is 11.0. The van der Waals surface area contributed by atoms with Crippen molar-refractivity contribution in [3.63, 3.8) is 0 Å². The Hall–Kier alpha value is -4.30. The number of amides is 1. The molecule has 3 aromatic rings. The third-order valence-corrected chi connectivity index (χ3v) is 4.85. The summed E-state index contributed by atoms with van der Waals surface area (Å²) in [6.07, 6.45) is -0.635. The Labute approximate surface area is 203 Å². The number of aliphatic carboxylic acids is 1. The molecule has 182 valence electrons. The Balaban J connectivity index is 1.98. The molecule has 0 radical (unpaired) electrons. The number of carboxylic acids is 1. The van der Waals surface area contributed by atoms with Gasteiger partial charge in [-0.15, -0.1) is 0 Å². The lowest BCUT2D eigenvalue weighted by Crippen LogP contribution is -2.30. The summed E-state index contributed by atoms with van der Waals surface area (Å²) in [5.41, 5.74) is 2.01. The van der Waals surface area contributed by atoms with Crippen molar-refractivity contribution in [2.75, 3.05) is 18.5 Å². The van der Waals surface area contributed by atoms with Gasteiger partial charge in [-0.25, -0.2) is 9.59 Å². The maximum atomic E-state index is 12.9. The van der Waals surface area contributed by atoms with Gasteiger partial charge in [0.2, 0.25) is 0 Å². The smallest absolute Gasteiger partial charge is 0.412 e. The van der Waals surface area contributed by atoms with E-state index in [0.29, 0.717) is 22.7 Å². The molecule has 0 aromatic heterocycles. The van der Waals surface area contributed by atoms with Crippen LogP contribution in [0.5, 0.6) is 11.5 Å². The van der Waals surface area contributed by atoms with Crippen LogP contribution in [-0.4, -0.2) is 41.6 Å². The van der Waals surface area contributed by atoms with Gasteiger partial charge in [-0.3, -0.25) is 5.32 Å². The summed E-state index contributed by atoms with van der Waals surface area (Å²) in [7, 11) is 0. The van der Waals surface area contributed by atoms with Crippen molar-refractivity contribution in [1.82, 2.24) is 0 Å². The standard InChI is InChI=1S/C27H27NO7/c1-19-11-13-20(14-12-19)28-27(32)35-26(22-9-5-6-10-23(22)33-18-17-29)24(15-16-25(30)31)34-21-7-3-2-4-8-21/h2-16,24,26,29H,17-18H2,1H3,(H,28,32)(H,30,31)/b16-15+/t24-,26-/m1/s1. The molecule has 8 nitrogen and oxygen atoms in total. The number of anilines is 1. The number of hydrogen-bond donors (Lipinski definition) is 3. The summed E-state index contributed by atoms with van der Waals surface area (Å²) in [5, 5.41) is 21.1. The van der Waals surface area contributed by atoms with Gasteiger partial charge in [0, 0.05) is 17.3 Å². The van der Waals surface area contributed by atoms with Gasteiger partial charge in [0.15, 0.2) is 12.2 Å². The highest BCUT2D eigenvalue weighted by molar-refractivity contribution is 5.85. The molecule has 3 aromatic carbocycles. The molecule has 0 aliphatic carbocycles. The first-order chi connectivity index (χ1) is 17.0. The molecule has 0 aliphatic heterocycles. The number of carbonyl (C=O) groups is 2. The molecule has 0 bridgehead atoms. The normalized spacial score (nSPS) is 12.5. The van der Waals surface area contributed by atoms with E-state index in [1.165, 1.54) is 6.08 Å². The summed E-state index contributed by atoms with van der Waals surface area (Å²) in [4.78, 5) is 24.2. The van der Waals surface area contributed by atoms with Crippen molar-refractivity contribution >= 4 is 17.7 Å². The fourth-order valence-corrected chi connectivity index (χ4v) is 3.25. The van der Waals surface area contributed by atoms with Crippen molar-refractivity contribution in [2.24, 2.45) is 0 Å². The number of nitrogens with one attached hydrogen (secondary N) is 1. The summed E-state index contributed by atoms with van der Waals surface area (Å²) in [6.45, 7) is 1.74. The number of aryl methyl sites for hydroxylation is 1. The lowest BCUT2D eigenvalue weighted by atomic mass is 10.0. The fourth-order valence-electron chi connectivity index (χ4n) is 3.25. The molecule has 0 unspecified atom stereocenters. The highest BCUT2D eigenvalue weighted by Crippen LogP contribution is 2.33. The molecular formula is C27H27NO7. The van der Waals surface area contributed by atoms with Crippen molar-refractivity contribution in [1.29, 1.82) is 0 Å². The molecule has 8 heteroatoms. The monoisotopic (exact) mass is 477 g/mol. The van der Waals surface area contributed by atoms with Crippen LogP contribution in [0.3, 0.4) is 0 Å². The van der Waals surface area contributed by atoms with Gasteiger partial charge in [0.1, 0.15) is 18.1 Å². The van der Waals surface area contributed by atoms with Gasteiger partial charge < -0.3 is 24.4 Å². The topological polar surface area (TPSA) is 114 Å². The molecule has 0 saturated carbocycles. The van der Waals surface area contributed by atoms with Gasteiger partial charge in [-0.2, -0.15) is 0 Å². The van der Waals surface area contributed by atoms with Gasteiger partial charge >= 0.3 is 12.1 Å². The molecule has 3 N–H and O–H groups in total. The van der Waals surface area contributed by atoms with Crippen molar-refractivity contribution in [3.8, 4) is 11.5 Å². The van der Waals surface area contributed by atoms with Crippen LogP contribution in [-0.2, 0) is 9.53 Å². The zero-order chi connectivity index (χ0) is 25.0. The van der Waals surface area contributed by atoms with E-state index in [9.17, 15) is 19.8 Å². The summed E-state index contributed by atoms with van der Waals surface area (Å²) < 4.78 is 17.5. The lowest BCUT2D eigenvalue weighted by Gasteiger charge is -2.27. The van der Waals surface area contributed by atoms with E-state index in [-0.39, 0.29) is 13.2 Å². The number of aliphatic hydroxyl groups excluding tert-OH is 1. The predicted octanol–water partition coefficient (Wildman–Crippen LogP) is 4.74. The third kappa shape index (κ3) is 7.90. The highest BCUT2D eigenvalue weighted by atomic mass is 16.6. The second-order valence-corrected chi connectivity index (χ2v) is 7.52. The van der Waals surface area contributed by atoms with Crippen molar-refractivity contribution in [3.05, 3.63) is 102 Å². The molecule has 0 aliphatic rings. The van der Waals surface area contributed by atoms with Crippen LogP contribution >= 0.6 is 0 Å². The lowest BCUT2D eigenvalue weighted by molar-refractivity contribution is -0.131. The van der Waals surface area contributed by atoms with E-state index in [4.69, 9.17) is 14.2 Å². The Morgan fingerprint density at radius 3 is 2.34 bits per heavy atom. The largest absolute Gasteiger partial charge is 0.491 e. The minimum absolute atomic E-state index is 0.0223. The summed E-state index contributed by atoms with van der Waals surface area (Å²) >= 11 is 0. The van der Waals surface area contributed by atoms with E-state index in [1.807, 2.05) is 25.1 Å². The fraction of sp³-hybridized carbons (Fsp3) is 0.185. The number of carbonyl (C=O) groups excluding carboxylic acids is 1. The second-order valence-electron chi connectivity index (χ2n) is 7.52. The molecule has 1 amide bonds. The van der Waals surface area contributed by atoms with Crippen LogP contribution < -0.4 is 14.8 Å². The highest BCUT2D eigenvalue weighted by Gasteiger charge is 2.30. The molecule has 0 saturated heterocycles. The number of aliphatic hydroxyl groups is 1. The summed E-state index contributed by atoms with van der Waals surface area (Å²) in [6, 6.07) is 22.8. The summed E-state index contributed by atoms with van der Waals surface area (Å²) in [5.74, 6) is -0.367. The molecule has 35 heavy (non-hydrogen) atoms. The van der Waals surface area contributed by atoms with Crippen LogP contribution in [0.2, 0.25) is 0 Å². The Morgan fingerprint density at radius 2 is 1.66 bits per heavy atom. The van der Waals surface area contributed by atoms with Crippen LogP contribution in [0.25, 0.3) is 0 Å². The molecule has 0 fully saturated rings. The van der Waals surface area contributed by atoms with E-state index >= 15 is 0 Å². The van der Waals surface area contributed by atoms with Crippen molar-refractivity contribution < 1.29 is 34.0 Å². The SMILES string of the molecule is Cc1ccc(NC(=O)O[C@H](c2ccccc2OCCO)[C@@H](/C=C/C(=O)O)Oc2ccccc2)cc1. The number of hydrogen-bond acceptors (Lipinski definition) is 6. The molecule has 3 rings (SSSR count). The minimum Gasteiger partial charge on any atom is -0.491 e. The van der Waals surface area contributed by atoms with Crippen LogP contribution in [0.1, 0.15) is 17.2 Å². The zero-order valence-corrected chi connectivity index (χ0v) is 19.2. The maximum Gasteiger partial charge on any atom is 0.412 e. The number of benzene rings is 3. The minimum atomic E-state index is -1.18. The van der Waals surface area contributed by atoms with E-state index in [2.05, 4.69) is 5.32 Å². The molecule has 0 heterocycles. The van der Waals surface area contributed by atoms with Crippen LogP contribution in [0.4, 0.5) is 10.5 Å². The maximum absolute atomic E-state index is 12.9. The number of ether oxygens (including phenoxy) is 3. The zero-order valence-electron chi connectivity index (χ0n) is 19.2. The van der Waals surface area contributed by atoms with Gasteiger partial charge in [-0.1, -0.05) is 54.1 Å². The molecule has 0 spiro atoms. The molecular weight excluding hydrogens is 450 g/mol. The van der Waals surface area contributed by atoms with E-state index in [0.717, 1.165) is 11.6 Å². The Kier molecular flexibility index (Phi) is 9.27. The number of rotatable bonds is 11. The number of carboxylic acid groups (broad SMARTS) is 1. The van der Waals surface area contributed by atoms with E-state index in [1.54, 1.807) is 60.7 Å². The van der Waals surface area contributed by atoms with Crippen LogP contribution in [0, 0.1) is 6.92 Å². The second kappa shape index (κ2) is 12.8. The van der Waals surface area contributed by atoms with Crippen molar-refractivity contribution in [2.45, 2.75) is 19.1 Å². The van der Waals surface area contributed by atoms with Gasteiger partial charge in [0.05, 0.1) is 6.61 Å². The first kappa shape index (κ1) is 25.3. The van der Waals surface area contributed by atoms with Gasteiger partial charge in [-0.05, 0) is 43.3 Å². The third-order valence-electron chi connectivity index (χ3n) is 4.85. The first-order valence-electron chi connectivity index (χ1n) is 11.0. The molecule has 2 atom stereocenters. The Morgan fingerprint density at radius 1 is 0.971 bits per heavy atom. The number of para-hydroxylation sites is 2. The van der Waals surface area contributed by atoms with Crippen LogP contribution in [0.15, 0.2) is 91.0 Å². The Bertz CT molecular complexity index is 1130. The average molecular weight is 478 g/mol.